The number of hydrogen-bond donors (Lipinski definition) is 3. The summed E-state index contributed by atoms with van der Waals surface area (Å²) >= 11 is 0. The van der Waals surface area contributed by atoms with Gasteiger partial charge in [0.2, 0.25) is 11.8 Å². The molecule has 1 aliphatic rings. The zero-order chi connectivity index (χ0) is 19.0. The van der Waals surface area contributed by atoms with Crippen LogP contribution >= 0.6 is 0 Å². The van der Waals surface area contributed by atoms with Crippen molar-refractivity contribution in [2.75, 3.05) is 16.8 Å². The molecule has 2 heterocycles. The van der Waals surface area contributed by atoms with E-state index in [2.05, 4.69) is 22.2 Å². The summed E-state index contributed by atoms with van der Waals surface area (Å²) in [6.45, 7) is 2.44. The number of anilines is 2. The lowest BCUT2D eigenvalue weighted by molar-refractivity contribution is -0.122. The van der Waals surface area contributed by atoms with E-state index in [1.807, 2.05) is 24.3 Å². The van der Waals surface area contributed by atoms with E-state index in [4.69, 9.17) is 0 Å². The highest BCUT2D eigenvalue weighted by atomic mass is 16.2. The van der Waals surface area contributed by atoms with Gasteiger partial charge in [-0.05, 0) is 42.3 Å². The van der Waals surface area contributed by atoms with E-state index in [9.17, 15) is 14.4 Å². The fourth-order valence-electron chi connectivity index (χ4n) is 3.40. The Hall–Kier alpha value is -3.35. The molecule has 138 valence electrons. The number of hydrogen-bond acceptors (Lipinski definition) is 3. The maximum absolute atomic E-state index is 12.6. The highest BCUT2D eigenvalue weighted by Gasteiger charge is 2.35. The molecule has 0 radical (unpaired) electrons. The van der Waals surface area contributed by atoms with Crippen LogP contribution in [0.4, 0.5) is 11.4 Å². The van der Waals surface area contributed by atoms with Crippen molar-refractivity contribution in [1.29, 1.82) is 0 Å². The van der Waals surface area contributed by atoms with Gasteiger partial charge in [0.25, 0.3) is 0 Å². The monoisotopic (exact) mass is 364 g/mol. The van der Waals surface area contributed by atoms with E-state index < -0.39 is 5.92 Å². The van der Waals surface area contributed by atoms with Crippen molar-refractivity contribution in [3.05, 3.63) is 58.5 Å². The van der Waals surface area contributed by atoms with E-state index in [-0.39, 0.29) is 23.9 Å². The molecule has 27 heavy (non-hydrogen) atoms. The minimum atomic E-state index is -0.413. The molecule has 2 aromatic carbocycles. The summed E-state index contributed by atoms with van der Waals surface area (Å²) in [5.74, 6) is -0.664. The number of aromatic nitrogens is 2. The molecule has 0 spiro atoms. The predicted octanol–water partition coefficient (Wildman–Crippen LogP) is 2.41. The molecule has 3 N–H and O–H groups in total. The molecule has 0 aliphatic carbocycles. The van der Waals surface area contributed by atoms with Crippen molar-refractivity contribution in [3.63, 3.8) is 0 Å². The van der Waals surface area contributed by atoms with Gasteiger partial charge in [-0.1, -0.05) is 19.1 Å². The highest BCUT2D eigenvalue weighted by Crippen LogP contribution is 2.26. The van der Waals surface area contributed by atoms with Crippen LogP contribution in [-0.2, 0) is 16.0 Å². The maximum Gasteiger partial charge on any atom is 0.323 e. The van der Waals surface area contributed by atoms with Gasteiger partial charge >= 0.3 is 5.69 Å². The quantitative estimate of drug-likeness (QED) is 0.663. The molecule has 0 saturated carbocycles. The number of nitrogens with one attached hydrogen (secondary N) is 3. The van der Waals surface area contributed by atoms with E-state index in [1.54, 1.807) is 23.1 Å². The number of nitrogens with zero attached hydrogens (tertiary/aromatic N) is 1. The first-order valence-electron chi connectivity index (χ1n) is 8.95. The van der Waals surface area contributed by atoms with Crippen LogP contribution in [0.1, 0.15) is 18.9 Å². The second kappa shape index (κ2) is 6.75. The normalized spacial score (nSPS) is 16.9. The lowest BCUT2D eigenvalue weighted by Gasteiger charge is -2.17. The number of amides is 2. The van der Waals surface area contributed by atoms with E-state index in [0.29, 0.717) is 23.3 Å². The van der Waals surface area contributed by atoms with Crippen molar-refractivity contribution in [2.45, 2.75) is 19.8 Å². The van der Waals surface area contributed by atoms with Crippen LogP contribution in [0, 0.1) is 5.92 Å². The SMILES string of the molecule is CCc1ccc(N2CC(C(=O)Nc3ccc4[nH]c(=O)[nH]c4c3)CC2=O)cc1. The van der Waals surface area contributed by atoms with Gasteiger partial charge in [-0.15, -0.1) is 0 Å². The number of fused-ring (bicyclic) bond motifs is 1. The van der Waals surface area contributed by atoms with Crippen molar-refractivity contribution in [1.82, 2.24) is 9.97 Å². The number of carbonyl (C=O) groups is 2. The molecule has 0 bridgehead atoms. The summed E-state index contributed by atoms with van der Waals surface area (Å²) in [6.07, 6.45) is 1.13. The zero-order valence-electron chi connectivity index (χ0n) is 14.9. The van der Waals surface area contributed by atoms with Crippen LogP contribution in [0.5, 0.6) is 0 Å². The van der Waals surface area contributed by atoms with Crippen LogP contribution in [-0.4, -0.2) is 28.3 Å². The Balaban J connectivity index is 1.47. The van der Waals surface area contributed by atoms with Gasteiger partial charge in [-0.2, -0.15) is 0 Å². The Morgan fingerprint density at radius 1 is 1.11 bits per heavy atom. The Bertz CT molecular complexity index is 1060. The minimum Gasteiger partial charge on any atom is -0.326 e. The van der Waals surface area contributed by atoms with Crippen LogP contribution < -0.4 is 15.9 Å². The molecule has 1 unspecified atom stereocenters. The highest BCUT2D eigenvalue weighted by molar-refractivity contribution is 6.03. The zero-order valence-corrected chi connectivity index (χ0v) is 14.9. The summed E-state index contributed by atoms with van der Waals surface area (Å²) in [4.78, 5) is 43.3. The van der Waals surface area contributed by atoms with Crippen molar-refractivity contribution >= 4 is 34.2 Å². The number of imidazole rings is 1. The average Bonchev–Trinajstić information content (AvgIpc) is 3.23. The van der Waals surface area contributed by atoms with Gasteiger partial charge in [0, 0.05) is 24.3 Å². The average molecular weight is 364 g/mol. The Morgan fingerprint density at radius 2 is 1.85 bits per heavy atom. The van der Waals surface area contributed by atoms with Gasteiger partial charge in [0.15, 0.2) is 0 Å². The lowest BCUT2D eigenvalue weighted by Crippen LogP contribution is -2.28. The molecular weight excluding hydrogens is 344 g/mol. The third-order valence-electron chi connectivity index (χ3n) is 4.94. The number of aryl methyl sites for hydroxylation is 1. The summed E-state index contributed by atoms with van der Waals surface area (Å²) < 4.78 is 0. The first-order chi connectivity index (χ1) is 13.0. The number of aromatic amines is 2. The standard InChI is InChI=1S/C20H20N4O3/c1-2-12-3-6-15(7-4-12)24-11-13(9-18(24)25)19(26)21-14-5-8-16-17(10-14)23-20(27)22-16/h3-8,10,13H,2,9,11H2,1H3,(H,21,26)(H2,22,23,27). The van der Waals surface area contributed by atoms with E-state index >= 15 is 0 Å². The second-order valence-electron chi connectivity index (χ2n) is 6.75. The Morgan fingerprint density at radius 3 is 2.59 bits per heavy atom. The molecule has 3 aromatic rings. The topological polar surface area (TPSA) is 98.1 Å². The van der Waals surface area contributed by atoms with Crippen molar-refractivity contribution in [3.8, 4) is 0 Å². The summed E-state index contributed by atoms with van der Waals surface area (Å²) in [5.41, 5.74) is 3.62. The Labute approximate surface area is 155 Å². The van der Waals surface area contributed by atoms with Crippen molar-refractivity contribution < 1.29 is 9.59 Å². The number of rotatable bonds is 4. The van der Waals surface area contributed by atoms with Crippen LogP contribution in [0.2, 0.25) is 0 Å². The first-order valence-corrected chi connectivity index (χ1v) is 8.95. The van der Waals surface area contributed by atoms with Gasteiger partial charge in [-0.25, -0.2) is 4.79 Å². The largest absolute Gasteiger partial charge is 0.326 e. The van der Waals surface area contributed by atoms with E-state index in [0.717, 1.165) is 12.1 Å². The van der Waals surface area contributed by atoms with Crippen LogP contribution in [0.3, 0.4) is 0 Å². The summed E-state index contributed by atoms with van der Waals surface area (Å²) in [5, 5.41) is 2.84. The predicted molar refractivity (Wildman–Crippen MR) is 104 cm³/mol. The molecule has 1 saturated heterocycles. The molecule has 1 fully saturated rings. The third kappa shape index (κ3) is 3.36. The molecule has 4 rings (SSSR count). The van der Waals surface area contributed by atoms with Gasteiger partial charge in [0.05, 0.1) is 17.0 Å². The van der Waals surface area contributed by atoms with Gasteiger partial charge < -0.3 is 20.2 Å². The number of H-pyrrole nitrogens is 2. The molecule has 1 atom stereocenters. The van der Waals surface area contributed by atoms with Gasteiger partial charge in [0.1, 0.15) is 0 Å². The van der Waals surface area contributed by atoms with Crippen LogP contribution in [0.15, 0.2) is 47.3 Å². The minimum absolute atomic E-state index is 0.0511. The number of benzene rings is 2. The fraction of sp³-hybridized carbons (Fsp3) is 0.250. The molecule has 2 amide bonds. The third-order valence-corrected chi connectivity index (χ3v) is 4.94. The maximum atomic E-state index is 12.6. The van der Waals surface area contributed by atoms with Crippen LogP contribution in [0.25, 0.3) is 11.0 Å². The smallest absolute Gasteiger partial charge is 0.323 e. The molecule has 7 heteroatoms. The molecule has 1 aromatic heterocycles. The second-order valence-corrected chi connectivity index (χ2v) is 6.75. The lowest BCUT2D eigenvalue weighted by atomic mass is 10.1. The Kier molecular flexibility index (Phi) is 4.27. The fourth-order valence-corrected chi connectivity index (χ4v) is 3.40. The molecule has 1 aliphatic heterocycles. The summed E-state index contributed by atoms with van der Waals surface area (Å²) in [6, 6.07) is 13.0. The van der Waals surface area contributed by atoms with E-state index in [1.165, 1.54) is 5.56 Å². The number of carbonyl (C=O) groups excluding carboxylic acids is 2. The molecule has 7 nitrogen and oxygen atoms in total. The van der Waals surface area contributed by atoms with Crippen molar-refractivity contribution in [2.24, 2.45) is 5.92 Å². The van der Waals surface area contributed by atoms with Gasteiger partial charge in [-0.3, -0.25) is 9.59 Å². The summed E-state index contributed by atoms with van der Waals surface area (Å²) in [7, 11) is 0. The first kappa shape index (κ1) is 17.1. The molecular formula is C20H20N4O3.